The second-order valence-electron chi connectivity index (χ2n) is 10.6. The van der Waals surface area contributed by atoms with Crippen molar-refractivity contribution in [2.24, 2.45) is 0 Å². The molecule has 0 unspecified atom stereocenters. The molecule has 4 heterocycles. The van der Waals surface area contributed by atoms with E-state index in [1.807, 2.05) is 0 Å². The molecule has 0 atom stereocenters. The smallest absolute Gasteiger partial charge is 0.243 e. The summed E-state index contributed by atoms with van der Waals surface area (Å²) in [5.41, 5.74) is 6.41. The zero-order chi connectivity index (χ0) is 33.6. The van der Waals surface area contributed by atoms with E-state index in [4.69, 9.17) is 9.97 Å². The third kappa shape index (κ3) is 7.28. The summed E-state index contributed by atoms with van der Waals surface area (Å²) in [6.45, 7) is 1.93. The van der Waals surface area contributed by atoms with Gasteiger partial charge < -0.3 is 0 Å². The summed E-state index contributed by atoms with van der Waals surface area (Å²) in [5.74, 6) is 0. The Bertz CT molecular complexity index is 2220. The molecule has 0 saturated heterocycles. The summed E-state index contributed by atoms with van der Waals surface area (Å²) >= 11 is 0. The Morgan fingerprint density at radius 2 is 0.652 bits per heavy atom. The normalized spacial score (nSPS) is 16.3. The molecule has 18 heteroatoms. The number of hydrogen-bond donors (Lipinski definition) is 0. The van der Waals surface area contributed by atoms with Crippen LogP contribution < -0.4 is 9.13 Å². The van der Waals surface area contributed by atoms with Crippen molar-refractivity contribution >= 4 is 81.0 Å². The van der Waals surface area contributed by atoms with Crippen molar-refractivity contribution in [2.45, 2.75) is 13.1 Å². The average molecular weight is 700 g/mol. The monoisotopic (exact) mass is 700 g/mol. The number of pyridine rings is 2. The molecule has 0 N–H and O–H groups in total. The Morgan fingerprint density at radius 3 is 0.978 bits per heavy atom. The first kappa shape index (κ1) is 31.8. The second kappa shape index (κ2) is 8.80. The van der Waals surface area contributed by atoms with Gasteiger partial charge in [0.15, 0.2) is 12.4 Å². The van der Waals surface area contributed by atoms with Crippen molar-refractivity contribution in [2.75, 3.05) is 0 Å². The van der Waals surface area contributed by atoms with Crippen molar-refractivity contribution in [1.82, 2.24) is 9.97 Å². The van der Waals surface area contributed by atoms with E-state index < -0.39 is 15.6 Å². The van der Waals surface area contributed by atoms with E-state index in [2.05, 4.69) is 94.3 Å². The van der Waals surface area contributed by atoms with Gasteiger partial charge in [0.2, 0.25) is 13.1 Å². The first-order chi connectivity index (χ1) is 20.8. The SMILES string of the molecule is F[P-](F)(F)(F)(F)F.F[P-](F)(F)(F)(F)F.c1ccc2c(c1)c1ccccc1c1nc3c4ccc[n+]5c4c4c(ccc[n+]4CC5)c3nc21. The number of fused-ring (bicyclic) bond motifs is 9. The van der Waals surface area contributed by atoms with Crippen molar-refractivity contribution in [3.63, 3.8) is 0 Å². The molecule has 244 valence electrons. The summed E-state index contributed by atoms with van der Waals surface area (Å²) in [6.07, 6.45) is 4.36. The first-order valence-corrected chi connectivity index (χ1v) is 17.1. The van der Waals surface area contributed by atoms with E-state index in [0.717, 1.165) is 45.9 Å². The van der Waals surface area contributed by atoms with Gasteiger partial charge in [-0.05, 0) is 22.9 Å². The standard InChI is InChI=1S/C28H18N4.2F6P/c1-3-9-19-17(7-1)18-8-2-4-10-20(18)24-23(19)29-25-21-11-5-13-31-15-16-32-14-6-12-22(26(25)30-24)28(32)27(21)31;2*1-7(2,3,4,5)6/h1-14H,15-16H2;;/q+2;2*-1. The molecule has 7 aromatic rings. The van der Waals surface area contributed by atoms with Crippen LogP contribution in [-0.2, 0) is 13.1 Å². The van der Waals surface area contributed by atoms with Crippen LogP contribution in [0.2, 0.25) is 0 Å². The van der Waals surface area contributed by atoms with Gasteiger partial charge in [-0.25, -0.2) is 9.97 Å². The third-order valence-electron chi connectivity index (χ3n) is 7.01. The van der Waals surface area contributed by atoms with Gasteiger partial charge >= 0.3 is 66.0 Å². The molecule has 0 fully saturated rings. The van der Waals surface area contributed by atoms with Crippen LogP contribution in [0.3, 0.4) is 0 Å². The molecule has 0 spiro atoms. The summed E-state index contributed by atoms with van der Waals surface area (Å²) < 4.78 is 123. The molecule has 0 radical (unpaired) electrons. The number of halogens is 12. The van der Waals surface area contributed by atoms with Crippen LogP contribution in [0.5, 0.6) is 0 Å². The van der Waals surface area contributed by atoms with Crippen LogP contribution >= 0.6 is 15.6 Å². The maximum absolute atomic E-state index is 10.7. The Balaban J connectivity index is 0.000000225. The Morgan fingerprint density at radius 1 is 0.391 bits per heavy atom. The van der Waals surface area contributed by atoms with Gasteiger partial charge in [-0.3, -0.25) is 0 Å². The molecule has 0 saturated carbocycles. The van der Waals surface area contributed by atoms with Crippen LogP contribution in [0, 0.1) is 0 Å². The van der Waals surface area contributed by atoms with Gasteiger partial charge in [0, 0.05) is 22.9 Å². The molecule has 4 nitrogen and oxygen atoms in total. The summed E-state index contributed by atoms with van der Waals surface area (Å²) in [4.78, 5) is 10.7. The molecular formula is C28H18F12N4P2. The summed E-state index contributed by atoms with van der Waals surface area (Å²) in [6, 6.07) is 25.8. The largest absolute Gasteiger partial charge is 0.287 e. The molecule has 1 aliphatic rings. The second-order valence-corrected chi connectivity index (χ2v) is 14.4. The van der Waals surface area contributed by atoms with Crippen molar-refractivity contribution in [3.8, 4) is 0 Å². The molecular weight excluding hydrogens is 682 g/mol. The molecule has 0 amide bonds. The molecule has 8 rings (SSSR count). The summed E-state index contributed by atoms with van der Waals surface area (Å²) in [7, 11) is -21.3. The summed E-state index contributed by atoms with van der Waals surface area (Å²) in [5, 5.41) is 7.10. The van der Waals surface area contributed by atoms with E-state index in [1.54, 1.807) is 0 Å². The molecule has 4 aromatic carbocycles. The van der Waals surface area contributed by atoms with Gasteiger partial charge in [0.25, 0.3) is 11.0 Å². The number of aromatic nitrogens is 4. The van der Waals surface area contributed by atoms with E-state index in [0.29, 0.717) is 0 Å². The average Bonchev–Trinajstić information content (AvgIpc) is 2.92. The van der Waals surface area contributed by atoms with Gasteiger partial charge in [0.1, 0.15) is 11.0 Å². The molecule has 1 aliphatic heterocycles. The van der Waals surface area contributed by atoms with E-state index in [-0.39, 0.29) is 0 Å². The van der Waals surface area contributed by atoms with Crippen LogP contribution in [0.25, 0.3) is 65.4 Å². The zero-order valence-electron chi connectivity index (χ0n) is 22.7. The zero-order valence-corrected chi connectivity index (χ0v) is 24.5. The number of aryl methyl sites for hydroxylation is 2. The Hall–Kier alpha value is -4.16. The van der Waals surface area contributed by atoms with Crippen molar-refractivity contribution in [1.29, 1.82) is 0 Å². The number of benzene rings is 4. The predicted molar refractivity (Wildman–Crippen MR) is 155 cm³/mol. The minimum atomic E-state index is -10.7. The quantitative estimate of drug-likeness (QED) is 0.0519. The van der Waals surface area contributed by atoms with Crippen molar-refractivity contribution < 1.29 is 59.5 Å². The minimum absolute atomic E-state index is 0.966. The van der Waals surface area contributed by atoms with E-state index in [1.165, 1.54) is 32.6 Å². The minimum Gasteiger partial charge on any atom is -0.243 e. The van der Waals surface area contributed by atoms with Crippen LogP contribution in [0.15, 0.2) is 85.2 Å². The maximum Gasteiger partial charge on any atom is 0.287 e. The fraction of sp³-hybridized carbons (Fsp3) is 0.0714. The Labute approximate surface area is 249 Å². The number of rotatable bonds is 0. The number of hydrogen-bond acceptors (Lipinski definition) is 2. The van der Waals surface area contributed by atoms with Crippen LogP contribution in [0.1, 0.15) is 0 Å². The topological polar surface area (TPSA) is 33.5 Å². The fourth-order valence-corrected chi connectivity index (χ4v) is 5.64. The van der Waals surface area contributed by atoms with Gasteiger partial charge in [-0.15, -0.1) is 0 Å². The fourth-order valence-electron chi connectivity index (χ4n) is 5.64. The van der Waals surface area contributed by atoms with Crippen LogP contribution in [0.4, 0.5) is 50.4 Å². The van der Waals surface area contributed by atoms with E-state index >= 15 is 0 Å². The molecule has 0 aliphatic carbocycles. The van der Waals surface area contributed by atoms with Crippen molar-refractivity contribution in [3.05, 3.63) is 85.2 Å². The van der Waals surface area contributed by atoms with E-state index in [9.17, 15) is 50.4 Å². The van der Waals surface area contributed by atoms with Gasteiger partial charge in [0.05, 0.1) is 21.8 Å². The molecule has 0 bridgehead atoms. The van der Waals surface area contributed by atoms with Gasteiger partial charge in [-0.1, -0.05) is 48.5 Å². The third-order valence-corrected chi connectivity index (χ3v) is 7.01. The Kier molecular flexibility index (Phi) is 6.08. The molecule has 3 aromatic heterocycles. The van der Waals surface area contributed by atoms with Gasteiger partial charge in [-0.2, -0.15) is 9.13 Å². The first-order valence-electron chi connectivity index (χ1n) is 13.1. The predicted octanol–water partition coefficient (Wildman–Crippen LogP) is 11.7. The number of nitrogens with zero attached hydrogens (tertiary/aromatic N) is 4. The molecule has 46 heavy (non-hydrogen) atoms. The maximum atomic E-state index is 9.87. The van der Waals surface area contributed by atoms with Crippen LogP contribution in [-0.4, -0.2) is 9.97 Å².